The molecule has 4 aliphatic carbocycles. The zero-order chi connectivity index (χ0) is 27.3. The summed E-state index contributed by atoms with van der Waals surface area (Å²) >= 11 is 0. The lowest BCUT2D eigenvalue weighted by atomic mass is 9.36. The SMILES string of the molecule is CC(=O)O[C@@H](C[C@@H](C)C1=C2C[C@H](O)C3[C@](C)(CC[C@H]4C(C)(C)C(=O)CC[C@]34C)[C@@]2(C)CC1)[C@H]1OC1(C)C. The van der Waals surface area contributed by atoms with Crippen molar-refractivity contribution in [1.29, 1.82) is 0 Å². The van der Waals surface area contributed by atoms with Gasteiger partial charge >= 0.3 is 5.97 Å². The molecule has 5 nitrogen and oxygen atoms in total. The fraction of sp³-hybridized carbons (Fsp3) is 0.875. The van der Waals surface area contributed by atoms with E-state index < -0.39 is 0 Å². The molecule has 1 saturated heterocycles. The number of hydrogen-bond acceptors (Lipinski definition) is 5. The van der Waals surface area contributed by atoms with Crippen LogP contribution in [0.25, 0.3) is 0 Å². The number of ether oxygens (including phenoxy) is 2. The average molecular weight is 515 g/mol. The van der Waals surface area contributed by atoms with E-state index in [4.69, 9.17) is 9.47 Å². The second-order valence-corrected chi connectivity index (χ2v) is 15.2. The van der Waals surface area contributed by atoms with E-state index in [1.165, 1.54) is 18.1 Å². The maximum absolute atomic E-state index is 12.9. The number of aliphatic hydroxyl groups is 1. The van der Waals surface area contributed by atoms with Gasteiger partial charge in [-0.3, -0.25) is 9.59 Å². The van der Waals surface area contributed by atoms with Gasteiger partial charge in [-0.1, -0.05) is 52.7 Å². The Morgan fingerprint density at radius 2 is 1.73 bits per heavy atom. The van der Waals surface area contributed by atoms with Crippen molar-refractivity contribution in [3.63, 3.8) is 0 Å². The molecule has 3 saturated carbocycles. The van der Waals surface area contributed by atoms with Gasteiger partial charge in [0.2, 0.25) is 0 Å². The van der Waals surface area contributed by atoms with Crippen molar-refractivity contribution >= 4 is 11.8 Å². The molecule has 1 unspecified atom stereocenters. The number of hydrogen-bond donors (Lipinski definition) is 1. The first kappa shape index (κ1) is 27.4. The summed E-state index contributed by atoms with van der Waals surface area (Å²) in [5.41, 5.74) is 2.41. The van der Waals surface area contributed by atoms with Gasteiger partial charge in [-0.2, -0.15) is 0 Å². The molecule has 0 aromatic carbocycles. The van der Waals surface area contributed by atoms with Crippen LogP contribution in [0, 0.1) is 39.4 Å². The maximum Gasteiger partial charge on any atom is 0.302 e. The Bertz CT molecular complexity index is 1020. The molecule has 9 atom stereocenters. The predicted octanol–water partition coefficient (Wildman–Crippen LogP) is 6.41. The van der Waals surface area contributed by atoms with Gasteiger partial charge in [0.1, 0.15) is 18.0 Å². The summed E-state index contributed by atoms with van der Waals surface area (Å²) < 4.78 is 11.7. The number of ketones is 1. The van der Waals surface area contributed by atoms with E-state index >= 15 is 0 Å². The molecule has 1 N–H and O–H groups in total. The highest BCUT2D eigenvalue weighted by Crippen LogP contribution is 2.74. The molecule has 0 aromatic rings. The van der Waals surface area contributed by atoms with Crippen LogP contribution in [-0.4, -0.2) is 40.8 Å². The molecule has 1 aliphatic heterocycles. The summed E-state index contributed by atoms with van der Waals surface area (Å²) in [6.45, 7) is 19.5. The molecule has 0 spiro atoms. The Hall–Kier alpha value is -1.20. The van der Waals surface area contributed by atoms with Crippen LogP contribution < -0.4 is 0 Å². The molecule has 0 radical (unpaired) electrons. The minimum absolute atomic E-state index is 0.0000676. The second-order valence-electron chi connectivity index (χ2n) is 15.2. The standard InChI is InChI=1S/C32H50O5/c1-18(16-23(36-19(2)33)27-29(5,6)37-27)20-10-14-31(8)21(20)17-22(34)26-30(7)13-12-25(35)28(3,4)24(30)11-15-32(26,31)9/h18,22-24,26-27,34H,10-17H2,1-9H3/t18-,22+,23+,24+,26?,27-,30+,31+,32+/m1/s1. The number of epoxide rings is 1. The van der Waals surface area contributed by atoms with E-state index in [0.717, 1.165) is 44.9 Å². The number of carbonyl (C=O) groups is 2. The zero-order valence-corrected chi connectivity index (χ0v) is 24.7. The third kappa shape index (κ3) is 3.84. The Morgan fingerprint density at radius 1 is 1.08 bits per heavy atom. The summed E-state index contributed by atoms with van der Waals surface area (Å²) in [4.78, 5) is 24.8. The van der Waals surface area contributed by atoms with E-state index in [1.54, 1.807) is 0 Å². The molecule has 0 bridgehead atoms. The van der Waals surface area contributed by atoms with Gasteiger partial charge in [0.05, 0.1) is 11.7 Å². The summed E-state index contributed by atoms with van der Waals surface area (Å²) in [5, 5.41) is 11.9. The number of rotatable bonds is 5. The van der Waals surface area contributed by atoms with Crippen molar-refractivity contribution < 1.29 is 24.2 Å². The van der Waals surface area contributed by atoms with Crippen LogP contribution in [0.2, 0.25) is 0 Å². The van der Waals surface area contributed by atoms with E-state index in [0.29, 0.717) is 18.1 Å². The van der Waals surface area contributed by atoms with Gasteiger partial charge < -0.3 is 14.6 Å². The van der Waals surface area contributed by atoms with E-state index in [1.807, 2.05) is 0 Å². The van der Waals surface area contributed by atoms with Gasteiger partial charge in [-0.25, -0.2) is 0 Å². The number of allylic oxidation sites excluding steroid dienone is 1. The highest BCUT2D eigenvalue weighted by Gasteiger charge is 2.69. The number of aliphatic hydroxyl groups excluding tert-OH is 1. The van der Waals surface area contributed by atoms with Crippen molar-refractivity contribution in [3.05, 3.63) is 11.1 Å². The van der Waals surface area contributed by atoms with Crippen molar-refractivity contribution in [2.75, 3.05) is 0 Å². The van der Waals surface area contributed by atoms with Crippen LogP contribution in [0.5, 0.6) is 0 Å². The zero-order valence-electron chi connectivity index (χ0n) is 24.7. The van der Waals surface area contributed by atoms with Crippen molar-refractivity contribution in [2.24, 2.45) is 39.4 Å². The van der Waals surface area contributed by atoms with Crippen molar-refractivity contribution in [1.82, 2.24) is 0 Å². The number of carbonyl (C=O) groups excluding carboxylic acids is 2. The van der Waals surface area contributed by atoms with Gasteiger partial charge in [-0.05, 0) is 92.8 Å². The molecular weight excluding hydrogens is 464 g/mol. The van der Waals surface area contributed by atoms with Gasteiger partial charge in [0.25, 0.3) is 0 Å². The van der Waals surface area contributed by atoms with Gasteiger partial charge in [-0.15, -0.1) is 0 Å². The topological polar surface area (TPSA) is 76.1 Å². The van der Waals surface area contributed by atoms with Crippen molar-refractivity contribution in [2.45, 2.75) is 138 Å². The van der Waals surface area contributed by atoms with Crippen LogP contribution in [0.15, 0.2) is 11.1 Å². The first-order chi connectivity index (χ1) is 17.0. The van der Waals surface area contributed by atoms with Crippen LogP contribution >= 0.6 is 0 Å². The quantitative estimate of drug-likeness (QED) is 0.261. The first-order valence-corrected chi connectivity index (χ1v) is 14.8. The fourth-order valence-electron chi connectivity index (χ4n) is 10.4. The van der Waals surface area contributed by atoms with Crippen molar-refractivity contribution in [3.8, 4) is 0 Å². The molecule has 1 heterocycles. The fourth-order valence-corrected chi connectivity index (χ4v) is 10.4. The van der Waals surface area contributed by atoms with E-state index in [9.17, 15) is 14.7 Å². The molecule has 5 aliphatic rings. The lowest BCUT2D eigenvalue weighted by Crippen LogP contribution is -2.65. The summed E-state index contributed by atoms with van der Waals surface area (Å²) in [6.07, 6.45) is 6.64. The number of fused-ring (bicyclic) bond motifs is 5. The van der Waals surface area contributed by atoms with Crippen LogP contribution in [0.1, 0.15) is 114 Å². The van der Waals surface area contributed by atoms with Crippen LogP contribution in [0.3, 0.4) is 0 Å². The monoisotopic (exact) mass is 514 g/mol. The summed E-state index contributed by atoms with van der Waals surface area (Å²) in [7, 11) is 0. The smallest absolute Gasteiger partial charge is 0.302 e. The molecular formula is C32H50O5. The highest BCUT2D eigenvalue weighted by molar-refractivity contribution is 5.85. The first-order valence-electron chi connectivity index (χ1n) is 14.8. The minimum atomic E-state index is -0.389. The predicted molar refractivity (Wildman–Crippen MR) is 144 cm³/mol. The van der Waals surface area contributed by atoms with Crippen LogP contribution in [0.4, 0.5) is 0 Å². The minimum Gasteiger partial charge on any atom is -0.460 e. The maximum atomic E-state index is 12.9. The summed E-state index contributed by atoms with van der Waals surface area (Å²) in [5.74, 6) is 0.947. The Kier molecular flexibility index (Phi) is 6.21. The molecule has 5 heteroatoms. The second kappa shape index (κ2) is 8.40. The molecule has 0 amide bonds. The molecule has 5 rings (SSSR count). The van der Waals surface area contributed by atoms with Gasteiger partial charge in [0.15, 0.2) is 0 Å². The molecule has 4 fully saturated rings. The Morgan fingerprint density at radius 3 is 2.32 bits per heavy atom. The molecule has 0 aromatic heterocycles. The lowest BCUT2D eigenvalue weighted by Gasteiger charge is -2.69. The summed E-state index contributed by atoms with van der Waals surface area (Å²) in [6, 6.07) is 0. The molecule has 37 heavy (non-hydrogen) atoms. The third-order valence-corrected chi connectivity index (χ3v) is 12.5. The van der Waals surface area contributed by atoms with E-state index in [-0.39, 0.29) is 63.4 Å². The van der Waals surface area contributed by atoms with E-state index in [2.05, 4.69) is 55.4 Å². The normalized spacial score (nSPS) is 45.4. The largest absolute Gasteiger partial charge is 0.460 e. The average Bonchev–Trinajstić information content (AvgIpc) is 3.27. The Labute approximate surface area is 224 Å². The Balaban J connectivity index is 1.46. The third-order valence-electron chi connectivity index (χ3n) is 12.5. The number of esters is 1. The highest BCUT2D eigenvalue weighted by atomic mass is 16.6. The van der Waals surface area contributed by atoms with Gasteiger partial charge in [0, 0.05) is 18.8 Å². The lowest BCUT2D eigenvalue weighted by molar-refractivity contribution is -0.208. The van der Waals surface area contributed by atoms with Crippen LogP contribution in [-0.2, 0) is 19.1 Å². The molecule has 208 valence electrons. The number of Topliss-reactive ketones (excluding diaryl/α,β-unsaturated/α-hetero) is 1.